The summed E-state index contributed by atoms with van der Waals surface area (Å²) in [6, 6.07) is 22.3. The summed E-state index contributed by atoms with van der Waals surface area (Å²) in [7, 11) is 0. The second-order valence-electron chi connectivity index (χ2n) is 6.27. The highest BCUT2D eigenvalue weighted by atomic mass is 15.2. The molecule has 2 heterocycles. The Morgan fingerprint density at radius 1 is 0.885 bits per heavy atom. The molecule has 0 unspecified atom stereocenters. The predicted octanol–water partition coefficient (Wildman–Crippen LogP) is 6.29. The van der Waals surface area contributed by atoms with E-state index in [1.165, 1.54) is 5.56 Å². The van der Waals surface area contributed by atoms with Gasteiger partial charge in [-0.3, -0.25) is 4.40 Å². The molecule has 4 nitrogen and oxygen atoms in total. The van der Waals surface area contributed by atoms with Gasteiger partial charge in [-0.25, -0.2) is 4.98 Å². The van der Waals surface area contributed by atoms with Gasteiger partial charge in [-0.1, -0.05) is 61.5 Å². The van der Waals surface area contributed by atoms with Crippen LogP contribution in [0, 0.1) is 6.92 Å². The minimum Gasteiger partial charge on any atom is -0.282 e. The van der Waals surface area contributed by atoms with Crippen LogP contribution in [0.2, 0.25) is 0 Å². The summed E-state index contributed by atoms with van der Waals surface area (Å²) in [5, 5.41) is 9.17. The first-order chi connectivity index (χ1) is 12.8. The molecule has 2 aromatic heterocycles. The molecule has 0 bridgehead atoms. The fourth-order valence-corrected chi connectivity index (χ4v) is 3.03. The van der Waals surface area contributed by atoms with Gasteiger partial charge in [0.2, 0.25) is 0 Å². The monoisotopic (exact) mass is 340 g/mol. The van der Waals surface area contributed by atoms with E-state index in [4.69, 9.17) is 4.98 Å². The molecule has 4 rings (SSSR count). The molecule has 0 N–H and O–H groups in total. The number of azo groups is 1. The van der Waals surface area contributed by atoms with E-state index in [1.807, 2.05) is 59.0 Å². The van der Waals surface area contributed by atoms with Crippen LogP contribution in [0.3, 0.4) is 0 Å². The van der Waals surface area contributed by atoms with Crippen molar-refractivity contribution in [3.8, 4) is 11.3 Å². The molecule has 0 spiro atoms. The Hall–Kier alpha value is -3.27. The third kappa shape index (κ3) is 3.02. The number of hydrogen-bond acceptors (Lipinski definition) is 3. The maximum absolute atomic E-state index is 4.79. The predicted molar refractivity (Wildman–Crippen MR) is 105 cm³/mol. The van der Waals surface area contributed by atoms with Gasteiger partial charge in [0, 0.05) is 11.8 Å². The highest BCUT2D eigenvalue weighted by Crippen LogP contribution is 2.33. The highest BCUT2D eigenvalue weighted by Gasteiger charge is 2.14. The van der Waals surface area contributed by atoms with Gasteiger partial charge in [-0.2, -0.15) is 0 Å². The van der Waals surface area contributed by atoms with E-state index < -0.39 is 0 Å². The van der Waals surface area contributed by atoms with Crippen LogP contribution < -0.4 is 0 Å². The summed E-state index contributed by atoms with van der Waals surface area (Å²) in [5.41, 5.74) is 5.98. The zero-order valence-electron chi connectivity index (χ0n) is 14.9. The van der Waals surface area contributed by atoms with Gasteiger partial charge in [0.05, 0.1) is 5.69 Å². The summed E-state index contributed by atoms with van der Waals surface area (Å²) in [6.07, 6.45) is 2.97. The van der Waals surface area contributed by atoms with Crippen LogP contribution in [0.15, 0.2) is 83.2 Å². The van der Waals surface area contributed by atoms with Crippen LogP contribution in [-0.4, -0.2) is 9.38 Å². The van der Waals surface area contributed by atoms with Crippen LogP contribution in [-0.2, 0) is 6.42 Å². The second-order valence-corrected chi connectivity index (χ2v) is 6.27. The lowest BCUT2D eigenvalue weighted by Crippen LogP contribution is -1.85. The third-order valence-corrected chi connectivity index (χ3v) is 4.41. The molecule has 4 aromatic rings. The Balaban J connectivity index is 1.89. The number of fused-ring (bicyclic) bond motifs is 1. The zero-order chi connectivity index (χ0) is 17.9. The first-order valence-electron chi connectivity index (χ1n) is 8.80. The Bertz CT molecular complexity index is 1080. The van der Waals surface area contributed by atoms with Gasteiger partial charge in [-0.05, 0) is 36.6 Å². The number of hydrogen-bond donors (Lipinski definition) is 0. The number of pyridine rings is 1. The Labute approximate surface area is 152 Å². The van der Waals surface area contributed by atoms with E-state index in [0.29, 0.717) is 0 Å². The van der Waals surface area contributed by atoms with E-state index >= 15 is 0 Å². The molecule has 0 atom stereocenters. The fraction of sp³-hybridized carbons (Fsp3) is 0.136. The normalized spacial score (nSPS) is 11.5. The largest absolute Gasteiger partial charge is 0.282 e. The van der Waals surface area contributed by atoms with Crippen molar-refractivity contribution in [1.82, 2.24) is 9.38 Å². The molecule has 0 aliphatic carbocycles. The summed E-state index contributed by atoms with van der Waals surface area (Å²) < 4.78 is 2.01. The smallest absolute Gasteiger partial charge is 0.187 e. The molecule has 0 fully saturated rings. The molecule has 2 aromatic carbocycles. The number of aryl methyl sites for hydroxylation is 2. The third-order valence-electron chi connectivity index (χ3n) is 4.41. The average Bonchev–Trinajstić information content (AvgIpc) is 3.05. The van der Waals surface area contributed by atoms with Crippen LogP contribution in [0.4, 0.5) is 11.5 Å². The lowest BCUT2D eigenvalue weighted by Gasteiger charge is -2.02. The van der Waals surface area contributed by atoms with E-state index in [0.717, 1.165) is 40.4 Å². The molecule has 0 aliphatic rings. The molecule has 4 heteroatoms. The first-order valence-corrected chi connectivity index (χ1v) is 8.80. The summed E-state index contributed by atoms with van der Waals surface area (Å²) in [6.45, 7) is 4.19. The minimum absolute atomic E-state index is 0.751. The molecule has 0 saturated heterocycles. The Morgan fingerprint density at radius 3 is 2.46 bits per heavy atom. The van der Waals surface area contributed by atoms with Crippen LogP contribution in [0.25, 0.3) is 16.9 Å². The van der Waals surface area contributed by atoms with E-state index in [1.54, 1.807) is 0 Å². The van der Waals surface area contributed by atoms with Gasteiger partial charge in [-0.15, -0.1) is 10.2 Å². The Morgan fingerprint density at radius 2 is 1.65 bits per heavy atom. The van der Waals surface area contributed by atoms with Gasteiger partial charge >= 0.3 is 0 Å². The molecule has 128 valence electrons. The summed E-state index contributed by atoms with van der Waals surface area (Å²) in [4.78, 5) is 4.79. The van der Waals surface area contributed by atoms with Crippen molar-refractivity contribution in [2.24, 2.45) is 10.2 Å². The van der Waals surface area contributed by atoms with E-state index in [-0.39, 0.29) is 0 Å². The number of benzene rings is 2. The molecule has 0 aliphatic heterocycles. The minimum atomic E-state index is 0.751. The van der Waals surface area contributed by atoms with Crippen LogP contribution in [0.1, 0.15) is 18.1 Å². The number of imidazole rings is 1. The lowest BCUT2D eigenvalue weighted by molar-refractivity contribution is 1.07. The van der Waals surface area contributed by atoms with Crippen molar-refractivity contribution < 1.29 is 0 Å². The number of nitrogens with zero attached hydrogens (tertiary/aromatic N) is 4. The number of aromatic nitrogens is 2. The first kappa shape index (κ1) is 16.2. The fourth-order valence-electron chi connectivity index (χ4n) is 3.03. The molecular weight excluding hydrogens is 320 g/mol. The maximum atomic E-state index is 4.79. The summed E-state index contributed by atoms with van der Waals surface area (Å²) >= 11 is 0. The summed E-state index contributed by atoms with van der Waals surface area (Å²) in [5.74, 6) is 0.751. The molecule has 0 amide bonds. The van der Waals surface area contributed by atoms with Crippen molar-refractivity contribution in [2.75, 3.05) is 0 Å². The van der Waals surface area contributed by atoms with Gasteiger partial charge in [0.15, 0.2) is 5.82 Å². The standard InChI is InChI=1S/C22H20N4/c1-3-17-9-7-8-12-19(17)24-25-22-21(18-10-5-4-6-11-18)23-20-14-13-16(2)15-26(20)22/h4-15H,3H2,1-2H3. The van der Waals surface area contributed by atoms with Crippen molar-refractivity contribution in [3.05, 3.63) is 84.1 Å². The zero-order valence-corrected chi connectivity index (χ0v) is 14.9. The van der Waals surface area contributed by atoms with Crippen molar-refractivity contribution in [2.45, 2.75) is 20.3 Å². The number of rotatable bonds is 4. The SMILES string of the molecule is CCc1ccccc1N=Nc1c(-c2ccccc2)nc2ccc(C)cn12. The maximum Gasteiger partial charge on any atom is 0.187 e. The van der Waals surface area contributed by atoms with E-state index in [9.17, 15) is 0 Å². The van der Waals surface area contributed by atoms with Crippen LogP contribution in [0.5, 0.6) is 0 Å². The molecule has 26 heavy (non-hydrogen) atoms. The molecular formula is C22H20N4. The quantitative estimate of drug-likeness (QED) is 0.403. The highest BCUT2D eigenvalue weighted by molar-refractivity contribution is 5.74. The van der Waals surface area contributed by atoms with Crippen molar-refractivity contribution >= 4 is 17.2 Å². The van der Waals surface area contributed by atoms with Crippen molar-refractivity contribution in [3.63, 3.8) is 0 Å². The average molecular weight is 340 g/mol. The van der Waals surface area contributed by atoms with Gasteiger partial charge in [0.1, 0.15) is 11.3 Å². The topological polar surface area (TPSA) is 42.0 Å². The Kier molecular flexibility index (Phi) is 4.32. The second kappa shape index (κ2) is 6.92. The van der Waals surface area contributed by atoms with Crippen LogP contribution >= 0.6 is 0 Å². The van der Waals surface area contributed by atoms with Gasteiger partial charge < -0.3 is 0 Å². The lowest BCUT2D eigenvalue weighted by atomic mass is 10.1. The van der Waals surface area contributed by atoms with Gasteiger partial charge in [0.25, 0.3) is 0 Å². The molecule has 0 saturated carbocycles. The molecule has 0 radical (unpaired) electrons. The van der Waals surface area contributed by atoms with E-state index in [2.05, 4.69) is 42.4 Å². The van der Waals surface area contributed by atoms with Crippen molar-refractivity contribution in [1.29, 1.82) is 0 Å².